The lowest BCUT2D eigenvalue weighted by molar-refractivity contribution is 0.101. The molecule has 4 nitrogen and oxygen atoms in total. The molecule has 0 saturated heterocycles. The monoisotopic (exact) mass is 442 g/mol. The summed E-state index contributed by atoms with van der Waals surface area (Å²) in [4.78, 5) is 13.3. The van der Waals surface area contributed by atoms with Crippen molar-refractivity contribution in [2.45, 2.75) is 0 Å². The number of benzene rings is 3. The quantitative estimate of drug-likeness (QED) is 0.307. The molecule has 2 aromatic heterocycles. The highest BCUT2D eigenvalue weighted by molar-refractivity contribution is 9.10. The normalized spacial score (nSPS) is 11.1. The zero-order chi connectivity index (χ0) is 19.8. The smallest absolute Gasteiger partial charge is 0.228 e. The third-order valence-electron chi connectivity index (χ3n) is 4.80. The number of hydrogen-bond acceptors (Lipinski definition) is 3. The van der Waals surface area contributed by atoms with E-state index in [4.69, 9.17) is 4.42 Å². The Morgan fingerprint density at radius 1 is 0.897 bits per heavy atom. The van der Waals surface area contributed by atoms with Crippen molar-refractivity contribution in [3.05, 3.63) is 107 Å². The Morgan fingerprint density at radius 3 is 2.41 bits per heavy atom. The number of carbonyl (C=O) groups is 1. The van der Waals surface area contributed by atoms with Crippen LogP contribution in [0, 0.1) is 0 Å². The molecule has 0 atom stereocenters. The molecule has 0 amide bonds. The molecule has 0 radical (unpaired) electrons. The molecule has 0 fully saturated rings. The summed E-state index contributed by atoms with van der Waals surface area (Å²) in [5.41, 5.74) is 3.79. The van der Waals surface area contributed by atoms with E-state index in [0.717, 1.165) is 26.7 Å². The van der Waals surface area contributed by atoms with E-state index in [2.05, 4.69) is 21.0 Å². The molecule has 5 rings (SSSR count). The van der Waals surface area contributed by atoms with Crippen molar-refractivity contribution >= 4 is 32.7 Å². The maximum atomic E-state index is 13.3. The van der Waals surface area contributed by atoms with Gasteiger partial charge in [0.1, 0.15) is 5.58 Å². The molecule has 0 bridgehead atoms. The molecular formula is C24H15BrN2O2. The van der Waals surface area contributed by atoms with Gasteiger partial charge in [0.05, 0.1) is 11.9 Å². The van der Waals surface area contributed by atoms with Gasteiger partial charge < -0.3 is 4.42 Å². The Bertz CT molecular complexity index is 1320. The number of furan rings is 1. The average molecular weight is 443 g/mol. The van der Waals surface area contributed by atoms with Gasteiger partial charge in [0, 0.05) is 32.7 Å². The lowest BCUT2D eigenvalue weighted by Gasteiger charge is -2.02. The first-order valence-corrected chi connectivity index (χ1v) is 9.92. The molecule has 0 aliphatic rings. The van der Waals surface area contributed by atoms with Crippen molar-refractivity contribution < 1.29 is 9.21 Å². The number of aromatic nitrogens is 2. The molecule has 0 aliphatic carbocycles. The molecule has 0 saturated carbocycles. The first kappa shape index (κ1) is 17.6. The minimum Gasteiger partial charge on any atom is -0.452 e. The molecule has 0 N–H and O–H groups in total. The Labute approximate surface area is 175 Å². The number of ketones is 1. The van der Waals surface area contributed by atoms with Crippen molar-refractivity contribution in [2.24, 2.45) is 0 Å². The molecule has 140 valence electrons. The zero-order valence-electron chi connectivity index (χ0n) is 15.2. The molecule has 5 aromatic rings. The summed E-state index contributed by atoms with van der Waals surface area (Å²) in [5, 5.41) is 5.38. The molecular weight excluding hydrogens is 428 g/mol. The maximum absolute atomic E-state index is 13.3. The summed E-state index contributed by atoms with van der Waals surface area (Å²) in [6.07, 6.45) is 3.69. The van der Waals surface area contributed by atoms with E-state index in [9.17, 15) is 4.79 Å². The fraction of sp³-hybridized carbons (Fsp3) is 0. The van der Waals surface area contributed by atoms with Crippen LogP contribution in [0.4, 0.5) is 0 Å². The minimum absolute atomic E-state index is 0.156. The Hall–Kier alpha value is -3.44. The molecule has 0 spiro atoms. The number of nitrogens with zero attached hydrogens (tertiary/aromatic N) is 2. The van der Waals surface area contributed by atoms with Crippen molar-refractivity contribution in [3.8, 4) is 16.8 Å². The second kappa shape index (κ2) is 7.18. The van der Waals surface area contributed by atoms with Crippen LogP contribution in [0.2, 0.25) is 0 Å². The summed E-state index contributed by atoms with van der Waals surface area (Å²) in [5.74, 6) is 0.164. The second-order valence-electron chi connectivity index (χ2n) is 6.65. The minimum atomic E-state index is -0.156. The number of rotatable bonds is 4. The van der Waals surface area contributed by atoms with Crippen molar-refractivity contribution in [2.75, 3.05) is 0 Å². The average Bonchev–Trinajstić information content (AvgIpc) is 3.39. The third kappa shape index (κ3) is 3.19. The van der Waals surface area contributed by atoms with E-state index >= 15 is 0 Å². The Balaban J connectivity index is 1.67. The van der Waals surface area contributed by atoms with Gasteiger partial charge in [-0.1, -0.05) is 52.3 Å². The summed E-state index contributed by atoms with van der Waals surface area (Å²) in [6.45, 7) is 0. The predicted octanol–water partition coefficient (Wildman–Crippen LogP) is 6.28. The SMILES string of the molecule is O=C(c1ccc(Br)cc1)c1oc2ccccc2c1-c1cnn(-c2ccccc2)c1. The third-order valence-corrected chi connectivity index (χ3v) is 5.33. The molecule has 5 heteroatoms. The van der Waals surface area contributed by atoms with Crippen LogP contribution in [-0.2, 0) is 0 Å². The van der Waals surface area contributed by atoms with E-state index in [1.165, 1.54) is 0 Å². The highest BCUT2D eigenvalue weighted by atomic mass is 79.9. The summed E-state index contributed by atoms with van der Waals surface area (Å²) < 4.78 is 8.73. The second-order valence-corrected chi connectivity index (χ2v) is 7.56. The van der Waals surface area contributed by atoms with E-state index in [0.29, 0.717) is 16.9 Å². The van der Waals surface area contributed by atoms with Gasteiger partial charge in [0.2, 0.25) is 5.78 Å². The maximum Gasteiger partial charge on any atom is 0.228 e. The topological polar surface area (TPSA) is 48.0 Å². The van der Waals surface area contributed by atoms with Crippen LogP contribution in [0.3, 0.4) is 0 Å². The van der Waals surface area contributed by atoms with E-state index < -0.39 is 0 Å². The van der Waals surface area contributed by atoms with E-state index in [1.54, 1.807) is 23.0 Å². The largest absolute Gasteiger partial charge is 0.452 e. The van der Waals surface area contributed by atoms with Crippen molar-refractivity contribution in [1.82, 2.24) is 9.78 Å². The summed E-state index contributed by atoms with van der Waals surface area (Å²) in [7, 11) is 0. The molecule has 0 aliphatic heterocycles. The first-order valence-electron chi connectivity index (χ1n) is 9.13. The molecule has 3 aromatic carbocycles. The zero-order valence-corrected chi connectivity index (χ0v) is 16.8. The number of hydrogen-bond donors (Lipinski definition) is 0. The van der Waals surface area contributed by atoms with Crippen molar-refractivity contribution in [1.29, 1.82) is 0 Å². The van der Waals surface area contributed by atoms with E-state index in [-0.39, 0.29) is 5.78 Å². The lowest BCUT2D eigenvalue weighted by Crippen LogP contribution is -2.01. The Morgan fingerprint density at radius 2 is 1.62 bits per heavy atom. The Kier molecular flexibility index (Phi) is 4.37. The van der Waals surface area contributed by atoms with Crippen LogP contribution in [0.15, 0.2) is 100 Å². The van der Waals surface area contributed by atoms with Crippen LogP contribution in [0.25, 0.3) is 27.8 Å². The van der Waals surface area contributed by atoms with Gasteiger partial charge in [-0.2, -0.15) is 5.10 Å². The van der Waals surface area contributed by atoms with Gasteiger partial charge in [-0.25, -0.2) is 4.68 Å². The molecule has 0 unspecified atom stereocenters. The highest BCUT2D eigenvalue weighted by Gasteiger charge is 2.24. The van der Waals surface area contributed by atoms with Gasteiger partial charge in [0.15, 0.2) is 5.76 Å². The molecule has 2 heterocycles. The summed E-state index contributed by atoms with van der Waals surface area (Å²) >= 11 is 3.41. The molecule has 29 heavy (non-hydrogen) atoms. The van der Waals surface area contributed by atoms with Gasteiger partial charge in [-0.15, -0.1) is 0 Å². The van der Waals surface area contributed by atoms with Crippen LogP contribution in [-0.4, -0.2) is 15.6 Å². The van der Waals surface area contributed by atoms with Crippen LogP contribution < -0.4 is 0 Å². The van der Waals surface area contributed by atoms with E-state index in [1.807, 2.05) is 72.9 Å². The number of para-hydroxylation sites is 2. The number of halogens is 1. The van der Waals surface area contributed by atoms with Crippen molar-refractivity contribution in [3.63, 3.8) is 0 Å². The predicted molar refractivity (Wildman–Crippen MR) is 116 cm³/mol. The fourth-order valence-electron chi connectivity index (χ4n) is 3.40. The highest BCUT2D eigenvalue weighted by Crippen LogP contribution is 2.36. The van der Waals surface area contributed by atoms with Crippen LogP contribution >= 0.6 is 15.9 Å². The van der Waals surface area contributed by atoms with Crippen LogP contribution in [0.1, 0.15) is 16.1 Å². The first-order chi connectivity index (χ1) is 14.2. The van der Waals surface area contributed by atoms with Gasteiger partial charge >= 0.3 is 0 Å². The fourth-order valence-corrected chi connectivity index (χ4v) is 3.66. The lowest BCUT2D eigenvalue weighted by atomic mass is 10.0. The van der Waals surface area contributed by atoms with Gasteiger partial charge in [-0.3, -0.25) is 4.79 Å². The van der Waals surface area contributed by atoms with Gasteiger partial charge in [0.25, 0.3) is 0 Å². The van der Waals surface area contributed by atoms with Gasteiger partial charge in [-0.05, 0) is 42.5 Å². The van der Waals surface area contributed by atoms with Crippen LogP contribution in [0.5, 0.6) is 0 Å². The summed E-state index contributed by atoms with van der Waals surface area (Å²) in [6, 6.07) is 24.8. The standard InChI is InChI=1S/C24H15BrN2O2/c25-18-12-10-16(11-13-18)23(28)24-22(20-8-4-5-9-21(20)29-24)17-14-26-27(15-17)19-6-2-1-3-7-19/h1-15H. The number of fused-ring (bicyclic) bond motifs is 1. The number of carbonyl (C=O) groups excluding carboxylic acids is 1.